The van der Waals surface area contributed by atoms with Crippen molar-refractivity contribution >= 4 is 29.3 Å². The van der Waals surface area contributed by atoms with Crippen LogP contribution in [0.4, 0.5) is 0 Å². The van der Waals surface area contributed by atoms with Crippen LogP contribution in [0.3, 0.4) is 0 Å². The van der Waals surface area contributed by atoms with Crippen LogP contribution in [-0.2, 0) is 11.3 Å². The van der Waals surface area contributed by atoms with E-state index in [1.54, 1.807) is 16.7 Å². The van der Waals surface area contributed by atoms with Crippen molar-refractivity contribution in [3.05, 3.63) is 71.4 Å². The zero-order chi connectivity index (χ0) is 19.2. The fraction of sp³-hybridized carbons (Fsp3) is 0.238. The molecule has 2 aromatic carbocycles. The summed E-state index contributed by atoms with van der Waals surface area (Å²) < 4.78 is 1.86. The maximum atomic E-state index is 12.3. The van der Waals surface area contributed by atoms with Gasteiger partial charge in [-0.2, -0.15) is 16.9 Å². The van der Waals surface area contributed by atoms with Gasteiger partial charge >= 0.3 is 0 Å². The van der Waals surface area contributed by atoms with Crippen LogP contribution in [-0.4, -0.2) is 39.6 Å². The van der Waals surface area contributed by atoms with Gasteiger partial charge < -0.3 is 4.90 Å². The van der Waals surface area contributed by atoms with Gasteiger partial charge in [-0.05, 0) is 30.5 Å². The minimum Gasteiger partial charge on any atom is -0.341 e. The topological polar surface area (TPSA) is 38.1 Å². The second-order valence-electron chi connectivity index (χ2n) is 6.28. The second kappa shape index (κ2) is 9.11. The first-order valence-electron chi connectivity index (χ1n) is 8.71. The third kappa shape index (κ3) is 4.93. The number of benzene rings is 2. The average Bonchev–Trinajstić information content (AvgIpc) is 3.11. The van der Waals surface area contributed by atoms with Gasteiger partial charge in [-0.25, -0.2) is 4.68 Å². The molecule has 0 atom stereocenters. The van der Waals surface area contributed by atoms with Crippen LogP contribution >= 0.6 is 23.4 Å². The molecular weight excluding hydrogens is 378 g/mol. The number of para-hydroxylation sites is 1. The quantitative estimate of drug-likeness (QED) is 0.566. The van der Waals surface area contributed by atoms with Crippen molar-refractivity contribution in [2.45, 2.75) is 13.0 Å². The Morgan fingerprint density at radius 1 is 1.15 bits per heavy atom. The van der Waals surface area contributed by atoms with Crippen molar-refractivity contribution in [1.82, 2.24) is 14.7 Å². The number of thioether (sulfide) groups is 1. The number of carbonyl (C=O) groups is 1. The van der Waals surface area contributed by atoms with Gasteiger partial charge in [0.1, 0.15) is 0 Å². The van der Waals surface area contributed by atoms with Crippen molar-refractivity contribution < 1.29 is 4.79 Å². The van der Waals surface area contributed by atoms with E-state index < -0.39 is 0 Å². The lowest BCUT2D eigenvalue weighted by atomic mass is 10.1. The number of nitrogens with zero attached hydrogens (tertiary/aromatic N) is 3. The Bertz CT molecular complexity index is 894. The highest BCUT2D eigenvalue weighted by Crippen LogP contribution is 2.26. The Labute approximate surface area is 169 Å². The molecule has 6 heteroatoms. The number of hydrogen-bond acceptors (Lipinski definition) is 3. The SMILES string of the molecule is CSCCC(=O)N(C)Cc1cn(-c2ccccc2)nc1-c1ccc(Cl)cc1. The first-order chi connectivity index (χ1) is 13.1. The molecule has 0 aliphatic carbocycles. The molecule has 0 bridgehead atoms. The summed E-state index contributed by atoms with van der Waals surface area (Å²) in [5, 5.41) is 5.47. The molecule has 1 amide bonds. The minimum absolute atomic E-state index is 0.138. The van der Waals surface area contributed by atoms with E-state index in [1.807, 2.05) is 78.8 Å². The van der Waals surface area contributed by atoms with Crippen LogP contribution < -0.4 is 0 Å². The Balaban J connectivity index is 1.94. The Morgan fingerprint density at radius 2 is 1.85 bits per heavy atom. The lowest BCUT2D eigenvalue weighted by molar-refractivity contribution is -0.129. The fourth-order valence-electron chi connectivity index (χ4n) is 2.81. The molecule has 0 spiro atoms. The van der Waals surface area contributed by atoms with E-state index in [9.17, 15) is 4.79 Å². The highest BCUT2D eigenvalue weighted by atomic mass is 35.5. The second-order valence-corrected chi connectivity index (χ2v) is 7.70. The van der Waals surface area contributed by atoms with Crippen LogP contribution in [0.5, 0.6) is 0 Å². The monoisotopic (exact) mass is 399 g/mol. The van der Waals surface area contributed by atoms with E-state index >= 15 is 0 Å². The normalized spacial score (nSPS) is 10.8. The van der Waals surface area contributed by atoms with Gasteiger partial charge in [-0.1, -0.05) is 41.9 Å². The molecule has 0 fully saturated rings. The number of amides is 1. The molecule has 140 valence electrons. The van der Waals surface area contributed by atoms with Crippen LogP contribution in [0.25, 0.3) is 16.9 Å². The van der Waals surface area contributed by atoms with E-state index in [1.165, 1.54) is 0 Å². The summed E-state index contributed by atoms with van der Waals surface area (Å²) >= 11 is 7.71. The predicted molar refractivity (Wildman–Crippen MR) is 113 cm³/mol. The van der Waals surface area contributed by atoms with Gasteiger partial charge in [-0.3, -0.25) is 4.79 Å². The number of hydrogen-bond donors (Lipinski definition) is 0. The van der Waals surface area contributed by atoms with E-state index in [4.69, 9.17) is 16.7 Å². The zero-order valence-corrected chi connectivity index (χ0v) is 17.0. The van der Waals surface area contributed by atoms with E-state index in [-0.39, 0.29) is 5.91 Å². The number of carbonyl (C=O) groups excluding carboxylic acids is 1. The lowest BCUT2D eigenvalue weighted by Crippen LogP contribution is -2.26. The predicted octanol–water partition coefficient (Wildman–Crippen LogP) is 4.90. The first kappa shape index (κ1) is 19.5. The molecule has 27 heavy (non-hydrogen) atoms. The van der Waals surface area contributed by atoms with Crippen molar-refractivity contribution in [1.29, 1.82) is 0 Å². The van der Waals surface area contributed by atoms with E-state index in [0.29, 0.717) is 18.0 Å². The van der Waals surface area contributed by atoms with Crippen molar-refractivity contribution in [2.75, 3.05) is 19.1 Å². The number of rotatable bonds is 7. The summed E-state index contributed by atoms with van der Waals surface area (Å²) in [6.07, 6.45) is 4.55. The highest BCUT2D eigenvalue weighted by molar-refractivity contribution is 7.98. The standard InChI is InChI=1S/C21H22ClN3OS/c1-24(20(26)12-13-27-2)14-17-15-25(19-6-4-3-5-7-19)23-21(17)16-8-10-18(22)11-9-16/h3-11,15H,12-14H2,1-2H3. The number of halogens is 1. The van der Waals surface area contributed by atoms with Gasteiger partial charge in [0.05, 0.1) is 11.4 Å². The Morgan fingerprint density at radius 3 is 2.52 bits per heavy atom. The van der Waals surface area contributed by atoms with Gasteiger partial charge in [0.15, 0.2) is 0 Å². The fourth-order valence-corrected chi connectivity index (χ4v) is 3.32. The van der Waals surface area contributed by atoms with Gasteiger partial charge in [0.2, 0.25) is 5.91 Å². The maximum absolute atomic E-state index is 12.3. The minimum atomic E-state index is 0.138. The third-order valence-electron chi connectivity index (χ3n) is 4.28. The molecule has 1 aromatic heterocycles. The molecule has 3 rings (SSSR count). The zero-order valence-electron chi connectivity index (χ0n) is 15.4. The van der Waals surface area contributed by atoms with Crippen LogP contribution in [0, 0.1) is 0 Å². The smallest absolute Gasteiger partial charge is 0.223 e. The molecule has 0 radical (unpaired) electrons. The molecule has 0 N–H and O–H groups in total. The van der Waals surface area contributed by atoms with Crippen molar-refractivity contribution in [3.8, 4) is 16.9 Å². The maximum Gasteiger partial charge on any atom is 0.223 e. The summed E-state index contributed by atoms with van der Waals surface area (Å²) in [6, 6.07) is 17.6. The first-order valence-corrected chi connectivity index (χ1v) is 10.5. The lowest BCUT2D eigenvalue weighted by Gasteiger charge is -2.17. The molecule has 0 saturated carbocycles. The largest absolute Gasteiger partial charge is 0.341 e. The van der Waals surface area contributed by atoms with Crippen LogP contribution in [0.2, 0.25) is 5.02 Å². The van der Waals surface area contributed by atoms with Gasteiger partial charge in [0.25, 0.3) is 0 Å². The Kier molecular flexibility index (Phi) is 6.58. The molecule has 0 aliphatic rings. The summed E-state index contributed by atoms with van der Waals surface area (Å²) in [5.41, 5.74) is 3.82. The van der Waals surface area contributed by atoms with Gasteiger partial charge in [0, 0.05) is 48.1 Å². The van der Waals surface area contributed by atoms with E-state index in [2.05, 4.69) is 0 Å². The van der Waals surface area contributed by atoms with Crippen molar-refractivity contribution in [3.63, 3.8) is 0 Å². The molecule has 0 unspecified atom stereocenters. The van der Waals surface area contributed by atoms with Crippen LogP contribution in [0.1, 0.15) is 12.0 Å². The number of aromatic nitrogens is 2. The summed E-state index contributed by atoms with van der Waals surface area (Å²) in [4.78, 5) is 14.1. The Hall–Kier alpha value is -2.24. The molecular formula is C21H22ClN3OS. The molecule has 0 aliphatic heterocycles. The average molecular weight is 400 g/mol. The summed E-state index contributed by atoms with van der Waals surface area (Å²) in [7, 11) is 1.84. The molecule has 1 heterocycles. The molecule has 4 nitrogen and oxygen atoms in total. The highest BCUT2D eigenvalue weighted by Gasteiger charge is 2.16. The van der Waals surface area contributed by atoms with E-state index in [0.717, 1.165) is 28.3 Å². The molecule has 0 saturated heterocycles. The molecule has 3 aromatic rings. The van der Waals surface area contributed by atoms with Gasteiger partial charge in [-0.15, -0.1) is 0 Å². The summed E-state index contributed by atoms with van der Waals surface area (Å²) in [5.74, 6) is 0.968. The van der Waals surface area contributed by atoms with Crippen LogP contribution in [0.15, 0.2) is 60.8 Å². The summed E-state index contributed by atoms with van der Waals surface area (Å²) in [6.45, 7) is 0.512. The third-order valence-corrected chi connectivity index (χ3v) is 5.15. The van der Waals surface area contributed by atoms with Crippen molar-refractivity contribution in [2.24, 2.45) is 0 Å².